The summed E-state index contributed by atoms with van der Waals surface area (Å²) >= 11 is 1.36. The minimum Gasteiger partial charge on any atom is -0.426 e. The summed E-state index contributed by atoms with van der Waals surface area (Å²) in [4.78, 5) is 17.5. The van der Waals surface area contributed by atoms with Gasteiger partial charge in [0.25, 0.3) is 0 Å². The lowest BCUT2D eigenvalue weighted by molar-refractivity contribution is -0.124. The van der Waals surface area contributed by atoms with Crippen LogP contribution in [0.5, 0.6) is 0 Å². The Balaban J connectivity index is 1.56. The van der Waals surface area contributed by atoms with E-state index in [1.54, 1.807) is 17.6 Å². The van der Waals surface area contributed by atoms with Gasteiger partial charge in [-0.2, -0.15) is 0 Å². The molecule has 1 saturated carbocycles. The van der Waals surface area contributed by atoms with Gasteiger partial charge in [-0.1, -0.05) is 43.2 Å². The van der Waals surface area contributed by atoms with Gasteiger partial charge in [0.15, 0.2) is 9.84 Å². The SMILES string of the molecule is O=C(N[C@@H](CC1CC1)B(O)O)C(Cc1ccccc1)CS(=O)(=O)c1ccc2ncsc2c1. The fourth-order valence-electron chi connectivity index (χ4n) is 3.78. The van der Waals surface area contributed by atoms with Crippen molar-refractivity contribution in [2.45, 2.75) is 36.5 Å². The number of fused-ring (bicyclic) bond motifs is 1. The fourth-order valence-corrected chi connectivity index (χ4v) is 6.14. The normalized spacial score (nSPS) is 15.9. The first-order valence-electron chi connectivity index (χ1n) is 10.6. The molecular formula is C22H25BN2O5S2. The summed E-state index contributed by atoms with van der Waals surface area (Å²) < 4.78 is 27.2. The quantitative estimate of drug-likeness (QED) is 0.390. The van der Waals surface area contributed by atoms with Crippen LogP contribution < -0.4 is 5.32 Å². The molecule has 1 fully saturated rings. The van der Waals surface area contributed by atoms with E-state index in [2.05, 4.69) is 10.3 Å². The van der Waals surface area contributed by atoms with Crippen LogP contribution >= 0.6 is 11.3 Å². The van der Waals surface area contributed by atoms with E-state index in [1.165, 1.54) is 17.4 Å². The Morgan fingerprint density at radius 1 is 1.19 bits per heavy atom. The van der Waals surface area contributed by atoms with Gasteiger partial charge in [-0.3, -0.25) is 4.79 Å². The number of benzene rings is 2. The van der Waals surface area contributed by atoms with Crippen molar-refractivity contribution in [1.29, 1.82) is 0 Å². The standard InChI is InChI=1S/C22H25BN2O5S2/c26-22(25-21(23(27)28)11-16-6-7-16)17(10-15-4-2-1-3-5-15)13-32(29,30)18-8-9-19-20(12-18)31-14-24-19/h1-5,8-9,12,14,16-17,21,27-28H,6-7,10-11,13H2,(H,25,26)/t17?,21-/m0/s1. The van der Waals surface area contributed by atoms with Gasteiger partial charge in [0.05, 0.1) is 38.2 Å². The summed E-state index contributed by atoms with van der Waals surface area (Å²) in [5, 5.41) is 22.1. The highest BCUT2D eigenvalue weighted by Crippen LogP contribution is 2.34. The number of amides is 1. The average Bonchev–Trinajstić information content (AvgIpc) is 3.46. The summed E-state index contributed by atoms with van der Waals surface area (Å²) in [5.41, 5.74) is 3.23. The third-order valence-corrected chi connectivity index (χ3v) is 8.36. The van der Waals surface area contributed by atoms with Crippen LogP contribution in [0.25, 0.3) is 10.2 Å². The van der Waals surface area contributed by atoms with Gasteiger partial charge in [-0.25, -0.2) is 13.4 Å². The van der Waals surface area contributed by atoms with E-state index < -0.39 is 34.7 Å². The maximum atomic E-state index is 13.2. The first kappa shape index (κ1) is 22.9. The van der Waals surface area contributed by atoms with Crippen LogP contribution in [-0.2, 0) is 21.1 Å². The van der Waals surface area contributed by atoms with Crippen molar-refractivity contribution in [2.75, 3.05) is 5.75 Å². The highest BCUT2D eigenvalue weighted by Gasteiger charge is 2.35. The molecule has 32 heavy (non-hydrogen) atoms. The van der Waals surface area contributed by atoms with E-state index in [1.807, 2.05) is 30.3 Å². The van der Waals surface area contributed by atoms with Crippen molar-refractivity contribution in [1.82, 2.24) is 10.3 Å². The second kappa shape index (κ2) is 9.70. The van der Waals surface area contributed by atoms with Gasteiger partial charge in [-0.05, 0) is 42.5 Å². The highest BCUT2D eigenvalue weighted by molar-refractivity contribution is 7.91. The lowest BCUT2D eigenvalue weighted by Crippen LogP contribution is -2.50. The number of carbonyl (C=O) groups excluding carboxylic acids is 1. The Hall–Kier alpha value is -2.27. The van der Waals surface area contributed by atoms with Gasteiger partial charge >= 0.3 is 7.12 Å². The summed E-state index contributed by atoms with van der Waals surface area (Å²) in [6.07, 6.45) is 2.70. The lowest BCUT2D eigenvalue weighted by atomic mass is 9.76. The zero-order chi connectivity index (χ0) is 22.7. The number of carbonyl (C=O) groups is 1. The molecule has 168 valence electrons. The minimum atomic E-state index is -3.77. The van der Waals surface area contributed by atoms with Crippen LogP contribution in [0, 0.1) is 11.8 Å². The molecule has 7 nitrogen and oxygen atoms in total. The van der Waals surface area contributed by atoms with E-state index in [4.69, 9.17) is 0 Å². The Morgan fingerprint density at radius 2 is 1.94 bits per heavy atom. The summed E-state index contributed by atoms with van der Waals surface area (Å²) in [7, 11) is -5.46. The monoisotopic (exact) mass is 472 g/mol. The van der Waals surface area contributed by atoms with Crippen LogP contribution in [0.4, 0.5) is 0 Å². The first-order chi connectivity index (χ1) is 15.3. The first-order valence-corrected chi connectivity index (χ1v) is 13.1. The van der Waals surface area contributed by atoms with Crippen LogP contribution in [0.15, 0.2) is 58.9 Å². The third kappa shape index (κ3) is 5.75. The lowest BCUT2D eigenvalue weighted by Gasteiger charge is -2.22. The van der Waals surface area contributed by atoms with Crippen molar-refractivity contribution < 1.29 is 23.3 Å². The molecule has 0 saturated heterocycles. The summed E-state index contributed by atoms with van der Waals surface area (Å²) in [6, 6.07) is 14.0. The number of aromatic nitrogens is 1. The molecule has 0 spiro atoms. The topological polar surface area (TPSA) is 117 Å². The van der Waals surface area contributed by atoms with Crippen LogP contribution in [0.1, 0.15) is 24.8 Å². The van der Waals surface area contributed by atoms with Gasteiger partial charge < -0.3 is 15.4 Å². The second-order valence-corrected chi connectivity index (χ2v) is 11.3. The Morgan fingerprint density at radius 3 is 2.62 bits per heavy atom. The van der Waals surface area contributed by atoms with Gasteiger partial charge in [0, 0.05) is 0 Å². The molecule has 1 heterocycles. The van der Waals surface area contributed by atoms with Gasteiger partial charge in [-0.15, -0.1) is 11.3 Å². The summed E-state index contributed by atoms with van der Waals surface area (Å²) in [5.74, 6) is -2.19. The van der Waals surface area contributed by atoms with E-state index >= 15 is 0 Å². The minimum absolute atomic E-state index is 0.150. The van der Waals surface area contributed by atoms with Crippen molar-refractivity contribution in [3.8, 4) is 0 Å². The number of sulfone groups is 1. The van der Waals surface area contributed by atoms with Crippen LogP contribution in [0.2, 0.25) is 0 Å². The third-order valence-electron chi connectivity index (χ3n) is 5.75. The van der Waals surface area contributed by atoms with E-state index in [0.717, 1.165) is 28.6 Å². The molecule has 10 heteroatoms. The molecule has 2 atom stereocenters. The predicted octanol–water partition coefficient (Wildman–Crippen LogP) is 2.23. The Labute approximate surface area is 191 Å². The van der Waals surface area contributed by atoms with Crippen LogP contribution in [-0.4, -0.2) is 48.2 Å². The molecule has 1 aliphatic carbocycles. The van der Waals surface area contributed by atoms with Crippen LogP contribution in [0.3, 0.4) is 0 Å². The number of thiazole rings is 1. The maximum absolute atomic E-state index is 13.2. The van der Waals surface area contributed by atoms with E-state index in [9.17, 15) is 23.3 Å². The molecule has 4 rings (SSSR count). The molecule has 0 radical (unpaired) electrons. The smallest absolute Gasteiger partial charge is 0.426 e. The summed E-state index contributed by atoms with van der Waals surface area (Å²) in [6.45, 7) is 0. The van der Waals surface area contributed by atoms with E-state index in [0.29, 0.717) is 12.3 Å². The molecule has 2 aromatic carbocycles. The molecular weight excluding hydrogens is 447 g/mol. The predicted molar refractivity (Wildman–Crippen MR) is 125 cm³/mol. The average molecular weight is 472 g/mol. The second-order valence-electron chi connectivity index (χ2n) is 8.36. The largest absolute Gasteiger partial charge is 0.475 e. The number of hydrogen-bond donors (Lipinski definition) is 3. The molecule has 0 bridgehead atoms. The Kier molecular flexibility index (Phi) is 6.95. The number of hydrogen-bond acceptors (Lipinski definition) is 7. The zero-order valence-electron chi connectivity index (χ0n) is 17.4. The van der Waals surface area contributed by atoms with Crippen molar-refractivity contribution in [3.63, 3.8) is 0 Å². The van der Waals surface area contributed by atoms with Crippen molar-refractivity contribution in [2.24, 2.45) is 11.8 Å². The molecule has 0 aliphatic heterocycles. The molecule has 1 unspecified atom stereocenters. The molecule has 1 aromatic heterocycles. The molecule has 3 N–H and O–H groups in total. The van der Waals surface area contributed by atoms with Crippen molar-refractivity contribution in [3.05, 3.63) is 59.6 Å². The molecule has 1 amide bonds. The zero-order valence-corrected chi connectivity index (χ0v) is 19.1. The van der Waals surface area contributed by atoms with Gasteiger partial charge in [0.2, 0.25) is 5.91 Å². The fraction of sp³-hybridized carbons (Fsp3) is 0.364. The molecule has 1 aliphatic rings. The van der Waals surface area contributed by atoms with Crippen molar-refractivity contribution >= 4 is 44.4 Å². The molecule has 3 aromatic rings. The van der Waals surface area contributed by atoms with E-state index in [-0.39, 0.29) is 17.1 Å². The maximum Gasteiger partial charge on any atom is 0.475 e. The number of nitrogens with one attached hydrogen (secondary N) is 1. The highest BCUT2D eigenvalue weighted by atomic mass is 32.2. The number of nitrogens with zero attached hydrogens (tertiary/aromatic N) is 1. The number of rotatable bonds is 10. The van der Waals surface area contributed by atoms with Gasteiger partial charge in [0.1, 0.15) is 0 Å². The Bertz CT molecular complexity index is 1180.